The highest BCUT2D eigenvalue weighted by Crippen LogP contribution is 2.28. The van der Waals surface area contributed by atoms with E-state index in [0.29, 0.717) is 10.3 Å². The number of carboxylic acid groups (broad SMARTS) is 1. The van der Waals surface area contributed by atoms with Gasteiger partial charge in [-0.2, -0.15) is 5.10 Å². The van der Waals surface area contributed by atoms with Crippen molar-refractivity contribution in [2.24, 2.45) is 0 Å². The second-order valence-electron chi connectivity index (χ2n) is 3.38. The van der Waals surface area contributed by atoms with Crippen LogP contribution in [-0.4, -0.2) is 21.3 Å². The van der Waals surface area contributed by atoms with Crippen LogP contribution in [0.5, 0.6) is 0 Å². The number of aromatic nitrogens is 2. The first kappa shape index (κ1) is 10.9. The molecule has 1 aromatic carbocycles. The number of halogens is 1. The second-order valence-corrected chi connectivity index (χ2v) is 4.17. The second kappa shape index (κ2) is 4.09. The smallest absolute Gasteiger partial charge is 0.340 e. The summed E-state index contributed by atoms with van der Waals surface area (Å²) < 4.78 is 0.387. The molecule has 1 heterocycles. The van der Waals surface area contributed by atoms with Crippen LogP contribution in [0.25, 0.3) is 11.3 Å². The Morgan fingerprint density at radius 1 is 1.44 bits per heavy atom. The van der Waals surface area contributed by atoms with Crippen molar-refractivity contribution in [3.63, 3.8) is 0 Å². The van der Waals surface area contributed by atoms with Gasteiger partial charge in [0.15, 0.2) is 0 Å². The van der Waals surface area contributed by atoms with Crippen LogP contribution >= 0.6 is 15.9 Å². The molecule has 1 aromatic heterocycles. The fourth-order valence-electron chi connectivity index (χ4n) is 1.55. The first-order valence-electron chi connectivity index (χ1n) is 4.64. The Hall–Kier alpha value is -1.62. The van der Waals surface area contributed by atoms with E-state index in [1.807, 2.05) is 31.2 Å². The zero-order chi connectivity index (χ0) is 11.7. The molecule has 2 rings (SSSR count). The van der Waals surface area contributed by atoms with E-state index < -0.39 is 5.97 Å². The first-order valence-corrected chi connectivity index (χ1v) is 5.43. The third-order valence-electron chi connectivity index (χ3n) is 2.34. The van der Waals surface area contributed by atoms with Gasteiger partial charge in [0, 0.05) is 5.56 Å². The molecule has 0 unspecified atom stereocenters. The lowest BCUT2D eigenvalue weighted by Crippen LogP contribution is -1.98. The highest BCUT2D eigenvalue weighted by molar-refractivity contribution is 9.10. The molecule has 2 aromatic rings. The van der Waals surface area contributed by atoms with Crippen molar-refractivity contribution < 1.29 is 9.90 Å². The molecule has 0 bridgehead atoms. The van der Waals surface area contributed by atoms with Crippen LogP contribution in [0.1, 0.15) is 15.9 Å². The Morgan fingerprint density at radius 2 is 2.12 bits per heavy atom. The number of aromatic amines is 1. The van der Waals surface area contributed by atoms with Gasteiger partial charge in [-0.25, -0.2) is 4.79 Å². The number of aromatic carboxylic acids is 1. The third-order valence-corrected chi connectivity index (χ3v) is 2.91. The van der Waals surface area contributed by atoms with Crippen LogP contribution in [0.3, 0.4) is 0 Å². The van der Waals surface area contributed by atoms with Gasteiger partial charge < -0.3 is 5.11 Å². The molecule has 0 aliphatic rings. The van der Waals surface area contributed by atoms with Crippen molar-refractivity contribution in [2.75, 3.05) is 0 Å². The number of aryl methyl sites for hydroxylation is 1. The Kier molecular flexibility index (Phi) is 2.78. The molecule has 16 heavy (non-hydrogen) atoms. The van der Waals surface area contributed by atoms with Crippen LogP contribution in [-0.2, 0) is 0 Å². The monoisotopic (exact) mass is 280 g/mol. The Balaban J connectivity index is 2.66. The number of rotatable bonds is 2. The van der Waals surface area contributed by atoms with Gasteiger partial charge >= 0.3 is 5.97 Å². The van der Waals surface area contributed by atoms with Crippen LogP contribution in [0.4, 0.5) is 0 Å². The van der Waals surface area contributed by atoms with Gasteiger partial charge in [0.1, 0.15) is 15.9 Å². The lowest BCUT2D eigenvalue weighted by atomic mass is 10.0. The molecule has 0 aliphatic heterocycles. The lowest BCUT2D eigenvalue weighted by Gasteiger charge is -2.02. The molecule has 82 valence electrons. The summed E-state index contributed by atoms with van der Waals surface area (Å²) in [6.07, 6.45) is 0. The average molecular weight is 281 g/mol. The van der Waals surface area contributed by atoms with E-state index >= 15 is 0 Å². The summed E-state index contributed by atoms with van der Waals surface area (Å²) >= 11 is 3.14. The zero-order valence-electron chi connectivity index (χ0n) is 8.49. The number of H-pyrrole nitrogens is 1. The molecule has 4 nitrogen and oxygen atoms in total. The van der Waals surface area contributed by atoms with E-state index in [4.69, 9.17) is 5.11 Å². The molecule has 2 N–H and O–H groups in total. The van der Waals surface area contributed by atoms with E-state index in [1.54, 1.807) is 0 Å². The topological polar surface area (TPSA) is 66.0 Å². The van der Waals surface area contributed by atoms with Crippen molar-refractivity contribution >= 4 is 21.9 Å². The highest BCUT2D eigenvalue weighted by atomic mass is 79.9. The quantitative estimate of drug-likeness (QED) is 0.889. The largest absolute Gasteiger partial charge is 0.478 e. The zero-order valence-corrected chi connectivity index (χ0v) is 10.1. The van der Waals surface area contributed by atoms with Gasteiger partial charge in [0.2, 0.25) is 0 Å². The van der Waals surface area contributed by atoms with Crippen molar-refractivity contribution in [1.29, 1.82) is 0 Å². The molecule has 0 spiro atoms. The van der Waals surface area contributed by atoms with Gasteiger partial charge in [-0.1, -0.05) is 24.3 Å². The predicted octanol–water partition coefficient (Wildman–Crippen LogP) is 2.85. The molecule has 0 fully saturated rings. The summed E-state index contributed by atoms with van der Waals surface area (Å²) in [5.74, 6) is -1.00. The standard InChI is InChI=1S/C11H9BrN2O2/c1-6-4-2-3-5-7(6)9-8(11(15)16)10(12)14-13-9/h2-5H,1H3,(H,13,14)(H,15,16). The highest BCUT2D eigenvalue weighted by Gasteiger charge is 2.20. The maximum Gasteiger partial charge on any atom is 0.340 e. The van der Waals surface area contributed by atoms with E-state index in [0.717, 1.165) is 11.1 Å². The van der Waals surface area contributed by atoms with E-state index in [9.17, 15) is 4.79 Å². The number of carbonyl (C=O) groups is 1. The fourth-order valence-corrected chi connectivity index (χ4v) is 2.00. The number of hydrogen-bond acceptors (Lipinski definition) is 2. The maximum atomic E-state index is 11.1. The van der Waals surface area contributed by atoms with Gasteiger partial charge in [-0.3, -0.25) is 5.10 Å². The number of nitrogens with one attached hydrogen (secondary N) is 1. The Bertz CT molecular complexity index is 549. The van der Waals surface area contributed by atoms with Crippen molar-refractivity contribution in [3.8, 4) is 11.3 Å². The maximum absolute atomic E-state index is 11.1. The van der Waals surface area contributed by atoms with Crippen LogP contribution in [0.2, 0.25) is 0 Å². The summed E-state index contributed by atoms with van der Waals surface area (Å²) in [4.78, 5) is 11.1. The van der Waals surface area contributed by atoms with E-state index in [1.165, 1.54) is 0 Å². The SMILES string of the molecule is Cc1ccccc1-c1n[nH]c(Br)c1C(=O)O. The first-order chi connectivity index (χ1) is 7.61. The summed E-state index contributed by atoms with van der Waals surface area (Å²) in [5, 5.41) is 15.7. The number of hydrogen-bond donors (Lipinski definition) is 2. The van der Waals surface area contributed by atoms with E-state index in [2.05, 4.69) is 26.1 Å². The Labute approximate surface area is 100 Å². The summed E-state index contributed by atoms with van der Waals surface area (Å²) in [6.45, 7) is 1.92. The van der Waals surface area contributed by atoms with Crippen LogP contribution in [0, 0.1) is 6.92 Å². The average Bonchev–Trinajstić information content (AvgIpc) is 2.61. The van der Waals surface area contributed by atoms with Gasteiger partial charge in [0.25, 0.3) is 0 Å². The van der Waals surface area contributed by atoms with Crippen molar-refractivity contribution in [1.82, 2.24) is 10.2 Å². The molecule has 0 atom stereocenters. The normalized spacial score (nSPS) is 10.4. The minimum absolute atomic E-state index is 0.161. The molecule has 0 radical (unpaired) electrons. The third kappa shape index (κ3) is 1.74. The lowest BCUT2D eigenvalue weighted by molar-refractivity contribution is 0.0697. The van der Waals surface area contributed by atoms with E-state index in [-0.39, 0.29) is 5.56 Å². The Morgan fingerprint density at radius 3 is 2.75 bits per heavy atom. The summed E-state index contributed by atoms with van der Waals surface area (Å²) in [7, 11) is 0. The minimum Gasteiger partial charge on any atom is -0.478 e. The van der Waals surface area contributed by atoms with Gasteiger partial charge in [0.05, 0.1) is 0 Å². The van der Waals surface area contributed by atoms with Gasteiger partial charge in [-0.15, -0.1) is 0 Å². The summed E-state index contributed by atoms with van der Waals surface area (Å²) in [6, 6.07) is 7.53. The molecule has 0 aliphatic carbocycles. The fraction of sp³-hybridized carbons (Fsp3) is 0.0909. The minimum atomic E-state index is -1.00. The van der Waals surface area contributed by atoms with Crippen LogP contribution < -0.4 is 0 Å². The number of benzene rings is 1. The molecular weight excluding hydrogens is 272 g/mol. The van der Waals surface area contributed by atoms with Crippen LogP contribution in [0.15, 0.2) is 28.9 Å². The molecule has 5 heteroatoms. The molecule has 0 amide bonds. The molecular formula is C11H9BrN2O2. The van der Waals surface area contributed by atoms with Crippen molar-refractivity contribution in [2.45, 2.75) is 6.92 Å². The predicted molar refractivity (Wildman–Crippen MR) is 63.4 cm³/mol. The van der Waals surface area contributed by atoms with Gasteiger partial charge in [-0.05, 0) is 28.4 Å². The summed E-state index contributed by atoms with van der Waals surface area (Å²) in [5.41, 5.74) is 2.43. The number of carboxylic acids is 1. The number of nitrogens with zero attached hydrogens (tertiary/aromatic N) is 1. The molecule has 0 saturated carbocycles. The molecule has 0 saturated heterocycles. The van der Waals surface area contributed by atoms with Crippen molar-refractivity contribution in [3.05, 3.63) is 40.0 Å².